The highest BCUT2D eigenvalue weighted by Gasteiger charge is 2.28. The molecule has 0 fully saturated rings. The van der Waals surface area contributed by atoms with Gasteiger partial charge in [0.25, 0.3) is 5.91 Å². The predicted molar refractivity (Wildman–Crippen MR) is 87.2 cm³/mol. The number of hydrogen-bond acceptors (Lipinski definition) is 2. The van der Waals surface area contributed by atoms with E-state index in [1.54, 1.807) is 6.07 Å². The molecule has 0 saturated heterocycles. The lowest BCUT2D eigenvalue weighted by molar-refractivity contribution is 0.0849. The normalized spacial score (nSPS) is 13.5. The van der Waals surface area contributed by atoms with Crippen LogP contribution in [0.4, 0.5) is 0 Å². The van der Waals surface area contributed by atoms with Crippen LogP contribution in [-0.4, -0.2) is 17.6 Å². The van der Waals surface area contributed by atoms with E-state index in [1.807, 2.05) is 56.3 Å². The number of hydrogen-bond donors (Lipinski definition) is 2. The lowest BCUT2D eigenvalue weighted by Crippen LogP contribution is -2.46. The highest BCUT2D eigenvalue weighted by atomic mass is 79.9. The summed E-state index contributed by atoms with van der Waals surface area (Å²) in [6.45, 7) is 3.60. The van der Waals surface area contributed by atoms with Gasteiger partial charge in [0.05, 0.1) is 17.7 Å². The van der Waals surface area contributed by atoms with Crippen LogP contribution in [0.15, 0.2) is 53.0 Å². The van der Waals surface area contributed by atoms with Crippen LogP contribution < -0.4 is 5.32 Å². The van der Waals surface area contributed by atoms with Crippen molar-refractivity contribution in [3.8, 4) is 0 Å². The number of rotatable bonds is 4. The van der Waals surface area contributed by atoms with E-state index < -0.39 is 5.54 Å². The van der Waals surface area contributed by atoms with E-state index in [4.69, 9.17) is 0 Å². The Hall–Kier alpha value is -1.65. The molecule has 2 aromatic rings. The fourth-order valence-corrected chi connectivity index (χ4v) is 2.80. The maximum absolute atomic E-state index is 12.5. The summed E-state index contributed by atoms with van der Waals surface area (Å²) in [7, 11) is 0. The first-order chi connectivity index (χ1) is 9.96. The highest BCUT2D eigenvalue weighted by Crippen LogP contribution is 2.23. The number of nitrogens with one attached hydrogen (secondary N) is 1. The van der Waals surface area contributed by atoms with Crippen molar-refractivity contribution in [2.45, 2.75) is 19.4 Å². The smallest absolute Gasteiger partial charge is 0.253 e. The Kier molecular flexibility index (Phi) is 4.80. The van der Waals surface area contributed by atoms with Crippen molar-refractivity contribution in [1.29, 1.82) is 0 Å². The third-order valence-electron chi connectivity index (χ3n) is 3.49. The molecule has 21 heavy (non-hydrogen) atoms. The Labute approximate surface area is 133 Å². The van der Waals surface area contributed by atoms with E-state index in [1.165, 1.54) is 0 Å². The summed E-state index contributed by atoms with van der Waals surface area (Å²) in [5.41, 5.74) is 1.68. The topological polar surface area (TPSA) is 49.3 Å². The Morgan fingerprint density at radius 3 is 2.48 bits per heavy atom. The molecule has 0 aliphatic heterocycles. The molecule has 0 bridgehead atoms. The van der Waals surface area contributed by atoms with Gasteiger partial charge in [-0.2, -0.15) is 0 Å². The molecule has 0 aliphatic rings. The van der Waals surface area contributed by atoms with Crippen LogP contribution in [0.2, 0.25) is 0 Å². The number of aliphatic hydroxyl groups excluding tert-OH is 1. The van der Waals surface area contributed by atoms with Crippen LogP contribution in [0.3, 0.4) is 0 Å². The van der Waals surface area contributed by atoms with Gasteiger partial charge < -0.3 is 10.4 Å². The highest BCUT2D eigenvalue weighted by molar-refractivity contribution is 9.10. The van der Waals surface area contributed by atoms with Crippen molar-refractivity contribution in [2.75, 3.05) is 6.61 Å². The maximum Gasteiger partial charge on any atom is 0.253 e. The van der Waals surface area contributed by atoms with Gasteiger partial charge in [-0.25, -0.2) is 0 Å². The van der Waals surface area contributed by atoms with Gasteiger partial charge in [0, 0.05) is 4.47 Å². The molecule has 2 rings (SSSR count). The second-order valence-electron chi connectivity index (χ2n) is 5.29. The van der Waals surface area contributed by atoms with Crippen molar-refractivity contribution in [1.82, 2.24) is 5.32 Å². The first-order valence-electron chi connectivity index (χ1n) is 6.71. The zero-order valence-corrected chi connectivity index (χ0v) is 13.6. The first-order valence-corrected chi connectivity index (χ1v) is 7.50. The van der Waals surface area contributed by atoms with Crippen molar-refractivity contribution >= 4 is 21.8 Å². The third kappa shape index (κ3) is 3.52. The molecular weight excluding hydrogens is 330 g/mol. The summed E-state index contributed by atoms with van der Waals surface area (Å²) in [6, 6.07) is 15.0. The van der Waals surface area contributed by atoms with E-state index in [-0.39, 0.29) is 12.5 Å². The molecule has 4 heteroatoms. The van der Waals surface area contributed by atoms with E-state index in [0.29, 0.717) is 5.56 Å². The molecule has 3 nitrogen and oxygen atoms in total. The minimum absolute atomic E-state index is 0.174. The summed E-state index contributed by atoms with van der Waals surface area (Å²) >= 11 is 3.41. The SMILES string of the molecule is Cc1ccc(C(=O)NC(C)(CO)c2ccccc2)c(Br)c1. The molecular formula is C17H18BrNO2. The van der Waals surface area contributed by atoms with Crippen LogP contribution >= 0.6 is 15.9 Å². The Morgan fingerprint density at radius 2 is 1.90 bits per heavy atom. The van der Waals surface area contributed by atoms with Gasteiger partial charge in [-0.15, -0.1) is 0 Å². The minimum Gasteiger partial charge on any atom is -0.394 e. The zero-order valence-electron chi connectivity index (χ0n) is 12.1. The molecule has 0 spiro atoms. The molecule has 0 heterocycles. The number of aryl methyl sites for hydroxylation is 1. The molecule has 1 amide bonds. The summed E-state index contributed by atoms with van der Waals surface area (Å²) in [4.78, 5) is 12.5. The number of aliphatic hydroxyl groups is 1. The molecule has 2 aromatic carbocycles. The third-order valence-corrected chi connectivity index (χ3v) is 4.14. The average molecular weight is 348 g/mol. The van der Waals surface area contributed by atoms with Crippen molar-refractivity contribution < 1.29 is 9.90 Å². The second-order valence-corrected chi connectivity index (χ2v) is 6.15. The molecule has 1 unspecified atom stereocenters. The van der Waals surface area contributed by atoms with Gasteiger partial charge in [0.15, 0.2) is 0 Å². The van der Waals surface area contributed by atoms with Gasteiger partial charge in [-0.3, -0.25) is 4.79 Å². The molecule has 110 valence electrons. The van der Waals surface area contributed by atoms with Gasteiger partial charge in [-0.1, -0.05) is 36.4 Å². The lowest BCUT2D eigenvalue weighted by Gasteiger charge is -2.29. The van der Waals surface area contributed by atoms with Crippen LogP contribution in [0.5, 0.6) is 0 Å². The maximum atomic E-state index is 12.5. The van der Waals surface area contributed by atoms with E-state index in [0.717, 1.165) is 15.6 Å². The molecule has 0 radical (unpaired) electrons. The molecule has 0 aliphatic carbocycles. The van der Waals surface area contributed by atoms with Gasteiger partial charge in [-0.05, 0) is 53.0 Å². The summed E-state index contributed by atoms with van der Waals surface area (Å²) in [5, 5.41) is 12.6. The first kappa shape index (κ1) is 15.7. The number of amides is 1. The van der Waals surface area contributed by atoms with Crippen LogP contribution in [-0.2, 0) is 5.54 Å². The zero-order chi connectivity index (χ0) is 15.5. The Morgan fingerprint density at radius 1 is 1.24 bits per heavy atom. The molecule has 2 N–H and O–H groups in total. The van der Waals surface area contributed by atoms with Gasteiger partial charge >= 0.3 is 0 Å². The number of carbonyl (C=O) groups excluding carboxylic acids is 1. The van der Waals surface area contributed by atoms with Crippen LogP contribution in [0.1, 0.15) is 28.4 Å². The van der Waals surface area contributed by atoms with Crippen molar-refractivity contribution in [3.63, 3.8) is 0 Å². The summed E-state index contributed by atoms with van der Waals surface area (Å²) in [5.74, 6) is -0.220. The average Bonchev–Trinajstić information content (AvgIpc) is 2.47. The fourth-order valence-electron chi connectivity index (χ4n) is 2.13. The van der Waals surface area contributed by atoms with Crippen LogP contribution in [0, 0.1) is 6.92 Å². The quantitative estimate of drug-likeness (QED) is 0.890. The molecule has 0 saturated carbocycles. The van der Waals surface area contributed by atoms with E-state index in [9.17, 15) is 9.90 Å². The molecule has 1 atom stereocenters. The summed E-state index contributed by atoms with van der Waals surface area (Å²) in [6.07, 6.45) is 0. The number of halogens is 1. The number of carbonyl (C=O) groups is 1. The van der Waals surface area contributed by atoms with E-state index in [2.05, 4.69) is 21.2 Å². The standard InChI is InChI=1S/C17H18BrNO2/c1-12-8-9-14(15(18)10-12)16(21)19-17(2,11-20)13-6-4-3-5-7-13/h3-10,20H,11H2,1-2H3,(H,19,21). The molecule has 0 aromatic heterocycles. The second kappa shape index (κ2) is 6.41. The Bertz CT molecular complexity index is 642. The minimum atomic E-state index is -0.817. The van der Waals surface area contributed by atoms with Crippen LogP contribution in [0.25, 0.3) is 0 Å². The fraction of sp³-hybridized carbons (Fsp3) is 0.235. The van der Waals surface area contributed by atoms with Crippen molar-refractivity contribution in [2.24, 2.45) is 0 Å². The predicted octanol–water partition coefficient (Wildman–Crippen LogP) is 3.40. The largest absolute Gasteiger partial charge is 0.394 e. The Balaban J connectivity index is 2.28. The van der Waals surface area contributed by atoms with Crippen molar-refractivity contribution in [3.05, 3.63) is 69.7 Å². The van der Waals surface area contributed by atoms with E-state index >= 15 is 0 Å². The van der Waals surface area contributed by atoms with Gasteiger partial charge in [0.1, 0.15) is 0 Å². The lowest BCUT2D eigenvalue weighted by atomic mass is 9.92. The van der Waals surface area contributed by atoms with Gasteiger partial charge in [0.2, 0.25) is 0 Å². The number of benzene rings is 2. The monoisotopic (exact) mass is 347 g/mol. The summed E-state index contributed by atoms with van der Waals surface area (Å²) < 4.78 is 0.744.